The number of hydrogen-bond acceptors (Lipinski definition) is 4. The van der Waals surface area contributed by atoms with Crippen LogP contribution in [0.5, 0.6) is 5.75 Å². The summed E-state index contributed by atoms with van der Waals surface area (Å²) in [6.07, 6.45) is 0.965. The Morgan fingerprint density at radius 1 is 1.47 bits per heavy atom. The maximum Gasteiger partial charge on any atom is 0.338 e. The van der Waals surface area contributed by atoms with E-state index in [4.69, 9.17) is 9.47 Å². The van der Waals surface area contributed by atoms with Crippen LogP contribution in [0.2, 0.25) is 0 Å². The molecule has 0 amide bonds. The molecule has 1 aliphatic heterocycles. The highest BCUT2D eigenvalue weighted by molar-refractivity contribution is 9.10. The molecular formula is C14H18BrNO3. The molecule has 0 aromatic heterocycles. The number of fused-ring (bicyclic) bond motifs is 1. The van der Waals surface area contributed by atoms with Gasteiger partial charge in [-0.2, -0.15) is 0 Å². The van der Waals surface area contributed by atoms with E-state index in [2.05, 4.69) is 34.7 Å². The van der Waals surface area contributed by atoms with Crippen molar-refractivity contribution in [2.24, 2.45) is 0 Å². The van der Waals surface area contributed by atoms with Crippen molar-refractivity contribution in [2.75, 3.05) is 25.2 Å². The highest BCUT2D eigenvalue weighted by Gasteiger charge is 2.23. The highest BCUT2D eigenvalue weighted by Crippen LogP contribution is 2.40. The first kappa shape index (κ1) is 14.2. The third-order valence-electron chi connectivity index (χ3n) is 3.16. The molecule has 0 aliphatic carbocycles. The van der Waals surface area contributed by atoms with E-state index in [1.807, 2.05) is 0 Å². The number of carbonyl (C=O) groups excluding carboxylic acids is 1. The van der Waals surface area contributed by atoms with Crippen LogP contribution in [-0.4, -0.2) is 32.3 Å². The van der Waals surface area contributed by atoms with Gasteiger partial charge in [0.15, 0.2) is 0 Å². The van der Waals surface area contributed by atoms with Gasteiger partial charge in [-0.15, -0.1) is 0 Å². The number of nitrogens with zero attached hydrogens (tertiary/aromatic N) is 1. The average Bonchev–Trinajstić information content (AvgIpc) is 2.60. The number of halogens is 1. The van der Waals surface area contributed by atoms with Crippen molar-refractivity contribution in [3.8, 4) is 5.75 Å². The number of esters is 1. The van der Waals surface area contributed by atoms with Gasteiger partial charge in [0, 0.05) is 17.1 Å². The summed E-state index contributed by atoms with van der Waals surface area (Å²) in [4.78, 5) is 13.9. The Hall–Kier alpha value is -1.23. The van der Waals surface area contributed by atoms with Gasteiger partial charge in [-0.3, -0.25) is 0 Å². The summed E-state index contributed by atoms with van der Waals surface area (Å²) < 4.78 is 11.4. The number of rotatable bonds is 2. The second-order valence-electron chi connectivity index (χ2n) is 4.79. The molecule has 2 rings (SSSR count). The Kier molecular flexibility index (Phi) is 4.34. The summed E-state index contributed by atoms with van der Waals surface area (Å²) in [6.45, 7) is 5.90. The van der Waals surface area contributed by atoms with Gasteiger partial charge in [0.1, 0.15) is 5.75 Å². The Morgan fingerprint density at radius 3 is 2.84 bits per heavy atom. The normalized spacial score (nSPS) is 14.7. The van der Waals surface area contributed by atoms with Crippen molar-refractivity contribution in [3.63, 3.8) is 0 Å². The van der Waals surface area contributed by atoms with Gasteiger partial charge < -0.3 is 14.4 Å². The van der Waals surface area contributed by atoms with Crippen molar-refractivity contribution in [3.05, 3.63) is 22.2 Å². The fraction of sp³-hybridized carbons (Fsp3) is 0.500. The van der Waals surface area contributed by atoms with Crippen LogP contribution >= 0.6 is 15.9 Å². The van der Waals surface area contributed by atoms with Crippen LogP contribution in [0.25, 0.3) is 0 Å². The van der Waals surface area contributed by atoms with Gasteiger partial charge in [0.2, 0.25) is 0 Å². The Labute approximate surface area is 121 Å². The van der Waals surface area contributed by atoms with Crippen LogP contribution in [-0.2, 0) is 4.74 Å². The predicted octanol–water partition coefficient (Wildman–Crippen LogP) is 3.23. The first-order chi connectivity index (χ1) is 9.04. The lowest BCUT2D eigenvalue weighted by atomic mass is 10.1. The molecule has 0 bridgehead atoms. The Bertz CT molecular complexity index is 488. The molecule has 4 nitrogen and oxygen atoms in total. The first-order valence-corrected chi connectivity index (χ1v) is 7.15. The first-order valence-electron chi connectivity index (χ1n) is 6.36. The zero-order valence-electron chi connectivity index (χ0n) is 11.4. The molecule has 1 aliphatic rings. The van der Waals surface area contributed by atoms with E-state index in [0.717, 1.165) is 28.9 Å². The highest BCUT2D eigenvalue weighted by atomic mass is 79.9. The molecule has 1 heterocycles. The number of ether oxygens (including phenoxy) is 2. The third kappa shape index (κ3) is 2.86. The standard InChI is InChI=1S/C14H18BrNO3/c1-9(2)16-5-4-6-19-12-8-10(14(17)18-3)7-11(15)13(12)16/h7-9H,4-6H2,1-3H3. The molecule has 0 radical (unpaired) electrons. The second kappa shape index (κ2) is 5.82. The molecular weight excluding hydrogens is 310 g/mol. The Morgan fingerprint density at radius 2 is 2.21 bits per heavy atom. The molecule has 0 atom stereocenters. The second-order valence-corrected chi connectivity index (χ2v) is 5.64. The van der Waals surface area contributed by atoms with E-state index in [-0.39, 0.29) is 5.97 Å². The van der Waals surface area contributed by atoms with Gasteiger partial charge in [0.25, 0.3) is 0 Å². The molecule has 1 aromatic rings. The summed E-state index contributed by atoms with van der Waals surface area (Å²) in [5.41, 5.74) is 1.51. The van der Waals surface area contributed by atoms with Crippen molar-refractivity contribution < 1.29 is 14.3 Å². The number of hydrogen-bond donors (Lipinski definition) is 0. The van der Waals surface area contributed by atoms with Crippen LogP contribution in [0.15, 0.2) is 16.6 Å². The van der Waals surface area contributed by atoms with Gasteiger partial charge in [0.05, 0.1) is 25.0 Å². The number of methoxy groups -OCH3 is 1. The van der Waals surface area contributed by atoms with Crippen LogP contribution < -0.4 is 9.64 Å². The van der Waals surface area contributed by atoms with Gasteiger partial charge in [-0.1, -0.05) is 0 Å². The minimum atomic E-state index is -0.354. The van der Waals surface area contributed by atoms with Crippen LogP contribution in [0, 0.1) is 0 Å². The monoisotopic (exact) mass is 327 g/mol. The van der Waals surface area contributed by atoms with Gasteiger partial charge in [-0.25, -0.2) is 4.79 Å². The summed E-state index contributed by atoms with van der Waals surface area (Å²) in [7, 11) is 1.38. The molecule has 0 saturated carbocycles. The SMILES string of the molecule is COC(=O)c1cc(Br)c2c(c1)OCCCN2C(C)C. The van der Waals surface area contributed by atoms with E-state index in [9.17, 15) is 4.79 Å². The quantitative estimate of drug-likeness (QED) is 0.782. The third-order valence-corrected chi connectivity index (χ3v) is 3.77. The Balaban J connectivity index is 2.51. The smallest absolute Gasteiger partial charge is 0.338 e. The largest absolute Gasteiger partial charge is 0.491 e. The topological polar surface area (TPSA) is 38.8 Å². The molecule has 0 fully saturated rings. The lowest BCUT2D eigenvalue weighted by Crippen LogP contribution is -2.31. The van der Waals surface area contributed by atoms with E-state index in [1.54, 1.807) is 12.1 Å². The van der Waals surface area contributed by atoms with Crippen molar-refractivity contribution in [2.45, 2.75) is 26.3 Å². The summed E-state index contributed by atoms with van der Waals surface area (Å²) in [5.74, 6) is 0.383. The van der Waals surface area contributed by atoms with Gasteiger partial charge >= 0.3 is 5.97 Å². The van der Waals surface area contributed by atoms with Crippen molar-refractivity contribution >= 4 is 27.6 Å². The summed E-state index contributed by atoms with van der Waals surface area (Å²) >= 11 is 3.54. The number of benzene rings is 1. The lowest BCUT2D eigenvalue weighted by Gasteiger charge is -2.29. The van der Waals surface area contributed by atoms with E-state index >= 15 is 0 Å². The van der Waals surface area contributed by atoms with Crippen LogP contribution in [0.1, 0.15) is 30.6 Å². The maximum absolute atomic E-state index is 11.6. The molecule has 0 N–H and O–H groups in total. The van der Waals surface area contributed by atoms with Crippen molar-refractivity contribution in [1.29, 1.82) is 0 Å². The predicted molar refractivity (Wildman–Crippen MR) is 78.1 cm³/mol. The van der Waals surface area contributed by atoms with Gasteiger partial charge in [-0.05, 0) is 48.3 Å². The number of anilines is 1. The maximum atomic E-state index is 11.6. The molecule has 1 aromatic carbocycles. The summed E-state index contributed by atoms with van der Waals surface area (Å²) in [6, 6.07) is 3.92. The van der Waals surface area contributed by atoms with E-state index in [0.29, 0.717) is 18.2 Å². The zero-order valence-corrected chi connectivity index (χ0v) is 13.0. The minimum Gasteiger partial charge on any atom is -0.491 e. The molecule has 5 heteroatoms. The molecule has 0 spiro atoms. The van der Waals surface area contributed by atoms with Crippen LogP contribution in [0.3, 0.4) is 0 Å². The molecule has 0 unspecified atom stereocenters. The van der Waals surface area contributed by atoms with E-state index < -0.39 is 0 Å². The van der Waals surface area contributed by atoms with E-state index in [1.165, 1.54) is 7.11 Å². The van der Waals surface area contributed by atoms with Crippen LogP contribution in [0.4, 0.5) is 5.69 Å². The fourth-order valence-corrected chi connectivity index (χ4v) is 2.91. The fourth-order valence-electron chi connectivity index (χ4n) is 2.24. The zero-order chi connectivity index (χ0) is 14.0. The number of carbonyl (C=O) groups is 1. The lowest BCUT2D eigenvalue weighted by molar-refractivity contribution is 0.0600. The molecule has 0 saturated heterocycles. The molecule has 19 heavy (non-hydrogen) atoms. The molecule has 104 valence electrons. The summed E-state index contributed by atoms with van der Waals surface area (Å²) in [5, 5.41) is 0. The minimum absolute atomic E-state index is 0.354. The van der Waals surface area contributed by atoms with Crippen molar-refractivity contribution in [1.82, 2.24) is 0 Å². The average molecular weight is 328 g/mol.